The Kier molecular flexibility index (Phi) is 8.44. The van der Waals surface area contributed by atoms with E-state index in [4.69, 9.17) is 20.9 Å². The summed E-state index contributed by atoms with van der Waals surface area (Å²) < 4.78 is 11.0. The summed E-state index contributed by atoms with van der Waals surface area (Å²) in [5, 5.41) is 0. The molecule has 4 aliphatic rings. The molecule has 4 bridgehead atoms. The van der Waals surface area contributed by atoms with Gasteiger partial charge in [0.05, 0.1) is 0 Å². The molecule has 0 saturated carbocycles. The number of hydrogen-bond donors (Lipinski definition) is 2. The predicted octanol–water partition coefficient (Wildman–Crippen LogP) is 4.53. The lowest BCUT2D eigenvalue weighted by Crippen LogP contribution is -2.58. The summed E-state index contributed by atoms with van der Waals surface area (Å²) in [5.74, 6) is 0. The van der Waals surface area contributed by atoms with Crippen molar-refractivity contribution in [3.8, 4) is 0 Å². The fourth-order valence-electron chi connectivity index (χ4n) is 6.07. The topological polar surface area (TPSA) is 111 Å². The number of piperidine rings is 4. The Morgan fingerprint density at radius 2 is 0.882 bits per heavy atom. The number of nitrogens with zero attached hydrogens (tertiary/aromatic N) is 2. The van der Waals surface area contributed by atoms with E-state index in [1.54, 1.807) is 0 Å². The second kappa shape index (κ2) is 10.6. The van der Waals surface area contributed by atoms with E-state index < -0.39 is 11.2 Å². The minimum absolute atomic E-state index is 0.154. The molecule has 0 aromatic heterocycles. The molecule has 4 fully saturated rings. The lowest BCUT2D eigenvalue weighted by Gasteiger charge is -2.47. The zero-order valence-electron chi connectivity index (χ0n) is 22.2. The van der Waals surface area contributed by atoms with Crippen LogP contribution in [0.25, 0.3) is 0 Å². The van der Waals surface area contributed by atoms with Crippen LogP contribution in [0.1, 0.15) is 106 Å². The van der Waals surface area contributed by atoms with Crippen LogP contribution in [0.2, 0.25) is 0 Å². The molecule has 0 aromatic carbocycles. The summed E-state index contributed by atoms with van der Waals surface area (Å²) in [6, 6.07) is 1.70. The summed E-state index contributed by atoms with van der Waals surface area (Å²) in [5.41, 5.74) is 11.2. The highest BCUT2D eigenvalue weighted by Crippen LogP contribution is 2.35. The molecule has 4 aliphatic heterocycles. The third-order valence-corrected chi connectivity index (χ3v) is 7.23. The van der Waals surface area contributed by atoms with E-state index >= 15 is 0 Å². The van der Waals surface area contributed by atoms with Gasteiger partial charge in [0.1, 0.15) is 11.2 Å². The van der Waals surface area contributed by atoms with Gasteiger partial charge in [-0.2, -0.15) is 0 Å². The van der Waals surface area contributed by atoms with Gasteiger partial charge in [-0.25, -0.2) is 9.59 Å². The van der Waals surface area contributed by atoms with E-state index in [1.807, 2.05) is 51.3 Å². The molecule has 0 aromatic rings. The lowest BCUT2D eigenvalue weighted by atomic mass is 9.82. The van der Waals surface area contributed by atoms with Crippen LogP contribution in [0.5, 0.6) is 0 Å². The van der Waals surface area contributed by atoms with Gasteiger partial charge in [0.2, 0.25) is 0 Å². The quantitative estimate of drug-likeness (QED) is 0.527. The minimum atomic E-state index is -0.412. The molecule has 4 N–H and O–H groups in total. The van der Waals surface area contributed by atoms with Crippen molar-refractivity contribution in [2.24, 2.45) is 11.5 Å². The van der Waals surface area contributed by atoms with Crippen LogP contribution in [0.4, 0.5) is 9.59 Å². The van der Waals surface area contributed by atoms with Gasteiger partial charge < -0.3 is 30.7 Å². The van der Waals surface area contributed by atoms with Crippen molar-refractivity contribution in [3.05, 3.63) is 0 Å². The molecule has 6 atom stereocenters. The van der Waals surface area contributed by atoms with E-state index in [9.17, 15) is 9.59 Å². The van der Waals surface area contributed by atoms with Gasteiger partial charge in [-0.15, -0.1) is 0 Å². The maximum Gasteiger partial charge on any atom is 0.410 e. The van der Waals surface area contributed by atoms with Crippen LogP contribution in [0, 0.1) is 0 Å². The first kappa shape index (κ1) is 27.1. The Morgan fingerprint density at radius 3 is 1.12 bits per heavy atom. The standard InChI is InChI=1S/2C13H24N2O2/c2*1-13(2,3)17-12(16)15-10-5-4-6-11(15)8-9(14)7-10/h2*9-11H,4-8,14H2,1-3H3/t2*9?,10-,11+. The van der Waals surface area contributed by atoms with Crippen molar-refractivity contribution >= 4 is 12.2 Å². The third kappa shape index (κ3) is 7.23. The van der Waals surface area contributed by atoms with Crippen molar-refractivity contribution in [2.75, 3.05) is 0 Å². The van der Waals surface area contributed by atoms with Crippen molar-refractivity contribution < 1.29 is 19.1 Å². The number of fused-ring (bicyclic) bond motifs is 4. The van der Waals surface area contributed by atoms with Gasteiger partial charge in [0, 0.05) is 36.3 Å². The molecule has 196 valence electrons. The van der Waals surface area contributed by atoms with Crippen LogP contribution < -0.4 is 11.5 Å². The predicted molar refractivity (Wildman–Crippen MR) is 133 cm³/mol. The number of rotatable bonds is 0. The molecule has 8 heteroatoms. The van der Waals surface area contributed by atoms with Gasteiger partial charge in [-0.05, 0) is 106 Å². The van der Waals surface area contributed by atoms with E-state index in [0.717, 1.165) is 51.4 Å². The first-order valence-corrected chi connectivity index (χ1v) is 13.3. The van der Waals surface area contributed by atoms with Crippen molar-refractivity contribution in [1.29, 1.82) is 0 Å². The highest BCUT2D eigenvalue weighted by atomic mass is 16.6. The van der Waals surface area contributed by atoms with Crippen molar-refractivity contribution in [3.63, 3.8) is 0 Å². The summed E-state index contributed by atoms with van der Waals surface area (Å²) in [6.07, 6.45) is 10.1. The Labute approximate surface area is 206 Å². The summed E-state index contributed by atoms with van der Waals surface area (Å²) in [4.78, 5) is 28.3. The van der Waals surface area contributed by atoms with Gasteiger partial charge in [0.25, 0.3) is 0 Å². The molecular formula is C26H48N4O4. The largest absolute Gasteiger partial charge is 0.444 e. The second-order valence-corrected chi connectivity index (χ2v) is 12.7. The lowest BCUT2D eigenvalue weighted by molar-refractivity contribution is -0.0220. The number of hydrogen-bond acceptors (Lipinski definition) is 6. The molecule has 2 unspecified atom stereocenters. The van der Waals surface area contributed by atoms with E-state index in [1.165, 1.54) is 12.8 Å². The maximum atomic E-state index is 12.2. The Morgan fingerprint density at radius 1 is 0.618 bits per heavy atom. The average molecular weight is 481 g/mol. The van der Waals surface area contributed by atoms with Gasteiger partial charge >= 0.3 is 12.2 Å². The molecule has 4 saturated heterocycles. The molecule has 8 nitrogen and oxygen atoms in total. The summed E-state index contributed by atoms with van der Waals surface area (Å²) in [7, 11) is 0. The molecular weight excluding hydrogens is 432 g/mol. The summed E-state index contributed by atoms with van der Waals surface area (Å²) in [6.45, 7) is 11.5. The van der Waals surface area contributed by atoms with E-state index in [-0.39, 0.29) is 24.3 Å². The Hall–Kier alpha value is -1.54. The third-order valence-electron chi connectivity index (χ3n) is 7.23. The SMILES string of the molecule is CC(C)(C)OC(=O)N1[C@@H]2CCC[C@H]1CC(N)C2.CC(C)(C)OC(=O)N1[C@@H]2CCC[C@H]1CC(N)C2. The van der Waals surface area contributed by atoms with Crippen molar-refractivity contribution in [1.82, 2.24) is 9.80 Å². The van der Waals surface area contributed by atoms with Crippen LogP contribution >= 0.6 is 0 Å². The smallest absolute Gasteiger partial charge is 0.410 e. The van der Waals surface area contributed by atoms with E-state index in [2.05, 4.69) is 0 Å². The van der Waals surface area contributed by atoms with Gasteiger partial charge in [0.15, 0.2) is 0 Å². The number of ether oxygens (including phenoxy) is 2. The highest BCUT2D eigenvalue weighted by Gasteiger charge is 2.42. The first-order chi connectivity index (χ1) is 15.7. The number of amides is 2. The second-order valence-electron chi connectivity index (χ2n) is 12.7. The van der Waals surface area contributed by atoms with Crippen LogP contribution in [0.15, 0.2) is 0 Å². The molecule has 4 heterocycles. The molecule has 0 radical (unpaired) electrons. The monoisotopic (exact) mass is 480 g/mol. The number of carbonyl (C=O) groups excluding carboxylic acids is 2. The highest BCUT2D eigenvalue weighted by molar-refractivity contribution is 5.70. The average Bonchev–Trinajstić information content (AvgIpc) is 2.64. The minimum Gasteiger partial charge on any atom is -0.444 e. The number of carbonyl (C=O) groups is 2. The molecule has 2 amide bonds. The van der Waals surface area contributed by atoms with Crippen molar-refractivity contribution in [2.45, 2.75) is 153 Å². The fourth-order valence-corrected chi connectivity index (χ4v) is 6.07. The first-order valence-electron chi connectivity index (χ1n) is 13.3. The van der Waals surface area contributed by atoms with Crippen LogP contribution in [-0.4, -0.2) is 69.4 Å². The van der Waals surface area contributed by atoms with Gasteiger partial charge in [-0.3, -0.25) is 0 Å². The fraction of sp³-hybridized carbons (Fsp3) is 0.923. The molecule has 34 heavy (non-hydrogen) atoms. The molecule has 0 spiro atoms. The van der Waals surface area contributed by atoms with Crippen LogP contribution in [0.3, 0.4) is 0 Å². The van der Waals surface area contributed by atoms with Crippen LogP contribution in [-0.2, 0) is 9.47 Å². The Bertz CT molecular complexity index is 629. The molecule has 0 aliphatic carbocycles. The van der Waals surface area contributed by atoms with E-state index in [0.29, 0.717) is 24.2 Å². The summed E-state index contributed by atoms with van der Waals surface area (Å²) >= 11 is 0. The Balaban J connectivity index is 0.000000191. The maximum absolute atomic E-state index is 12.2. The normalized spacial score (nSPS) is 33.4. The van der Waals surface area contributed by atoms with Gasteiger partial charge in [-0.1, -0.05) is 0 Å². The molecule has 4 rings (SSSR count). The number of nitrogens with two attached hydrogens (primary N) is 2. The zero-order chi connectivity index (χ0) is 25.3. The zero-order valence-corrected chi connectivity index (χ0v) is 22.2.